The minimum absolute atomic E-state index is 0.0525. The second kappa shape index (κ2) is 8.74. The lowest BCUT2D eigenvalue weighted by Crippen LogP contribution is -2.42. The Bertz CT molecular complexity index is 997. The third-order valence-corrected chi connectivity index (χ3v) is 6.99. The number of hydrogen-bond acceptors (Lipinski definition) is 6. The van der Waals surface area contributed by atoms with Gasteiger partial charge in [0.2, 0.25) is 0 Å². The number of benzene rings is 2. The average molecular weight is 425 g/mol. The van der Waals surface area contributed by atoms with Crippen molar-refractivity contribution < 1.29 is 14.2 Å². The molecule has 0 bridgehead atoms. The van der Waals surface area contributed by atoms with E-state index < -0.39 is 0 Å². The molecule has 0 aliphatic carbocycles. The number of nitrogens with zero attached hydrogens (tertiary/aromatic N) is 1. The fraction of sp³-hybridized carbons (Fsp3) is 0.417. The molecule has 30 heavy (non-hydrogen) atoms. The van der Waals surface area contributed by atoms with Crippen LogP contribution in [-0.4, -0.2) is 46.0 Å². The average Bonchev–Trinajstić information content (AvgIpc) is 3.29. The Morgan fingerprint density at radius 3 is 2.83 bits per heavy atom. The Balaban J connectivity index is 1.10. The number of fused-ring (bicyclic) bond motifs is 3. The zero-order chi connectivity index (χ0) is 20.3. The molecule has 1 aromatic heterocycles. The van der Waals surface area contributed by atoms with Crippen molar-refractivity contribution in [1.82, 2.24) is 5.32 Å². The molecule has 5 nitrogen and oxygen atoms in total. The SMILES string of the molecule is COc1ccccc1N1CCC(CNCC2COc3ccc4sccc4c3O2)CC1. The second-order valence-corrected chi connectivity index (χ2v) is 8.98. The highest BCUT2D eigenvalue weighted by molar-refractivity contribution is 7.17. The quantitative estimate of drug-likeness (QED) is 0.629. The van der Waals surface area contributed by atoms with Gasteiger partial charge in [-0.3, -0.25) is 0 Å². The minimum Gasteiger partial charge on any atom is -0.495 e. The summed E-state index contributed by atoms with van der Waals surface area (Å²) in [5.74, 6) is 3.41. The van der Waals surface area contributed by atoms with Gasteiger partial charge in [-0.2, -0.15) is 0 Å². The zero-order valence-electron chi connectivity index (χ0n) is 17.3. The normalized spacial score (nSPS) is 19.2. The van der Waals surface area contributed by atoms with Crippen molar-refractivity contribution in [3.8, 4) is 17.2 Å². The molecule has 158 valence electrons. The van der Waals surface area contributed by atoms with Crippen LogP contribution in [-0.2, 0) is 0 Å². The lowest BCUT2D eigenvalue weighted by molar-refractivity contribution is 0.0914. The van der Waals surface area contributed by atoms with E-state index in [9.17, 15) is 0 Å². The standard InChI is InChI=1S/C24H28N2O3S/c1-27-21-5-3-2-4-20(21)26-11-8-17(9-12-26)14-25-15-18-16-28-22-6-7-23-19(10-13-30-23)24(22)29-18/h2-7,10,13,17-18,25H,8-9,11-12,14-16H2,1H3. The molecule has 0 amide bonds. The summed E-state index contributed by atoms with van der Waals surface area (Å²) in [6.45, 7) is 4.57. The predicted molar refractivity (Wildman–Crippen MR) is 123 cm³/mol. The summed E-state index contributed by atoms with van der Waals surface area (Å²) in [6.07, 6.45) is 2.42. The number of rotatable bonds is 6. The second-order valence-electron chi connectivity index (χ2n) is 8.04. The van der Waals surface area contributed by atoms with Gasteiger partial charge in [-0.25, -0.2) is 0 Å². The Labute approximate surface area is 181 Å². The Morgan fingerprint density at radius 2 is 1.97 bits per heavy atom. The number of nitrogens with one attached hydrogen (secondary N) is 1. The molecule has 1 saturated heterocycles. The van der Waals surface area contributed by atoms with Crippen LogP contribution >= 0.6 is 11.3 Å². The third-order valence-electron chi connectivity index (χ3n) is 6.10. The maximum absolute atomic E-state index is 6.29. The lowest BCUT2D eigenvalue weighted by Gasteiger charge is -2.34. The van der Waals surface area contributed by atoms with E-state index >= 15 is 0 Å². The monoisotopic (exact) mass is 424 g/mol. The summed E-state index contributed by atoms with van der Waals surface area (Å²) in [6, 6.07) is 14.5. The van der Waals surface area contributed by atoms with Gasteiger partial charge in [0.15, 0.2) is 11.5 Å². The number of anilines is 1. The molecule has 2 aliphatic rings. The molecule has 0 radical (unpaired) electrons. The van der Waals surface area contributed by atoms with Gasteiger partial charge in [0.05, 0.1) is 12.8 Å². The van der Waals surface area contributed by atoms with Gasteiger partial charge in [0, 0.05) is 29.7 Å². The summed E-state index contributed by atoms with van der Waals surface area (Å²) < 4.78 is 19.0. The molecular formula is C24H28N2O3S. The van der Waals surface area contributed by atoms with Gasteiger partial charge in [-0.15, -0.1) is 11.3 Å². The number of thiophene rings is 1. The smallest absolute Gasteiger partial charge is 0.170 e. The maximum Gasteiger partial charge on any atom is 0.170 e. The topological polar surface area (TPSA) is 43.0 Å². The summed E-state index contributed by atoms with van der Waals surface area (Å²) in [7, 11) is 1.74. The van der Waals surface area contributed by atoms with Crippen LogP contribution in [0, 0.1) is 5.92 Å². The first kappa shape index (κ1) is 19.5. The predicted octanol–water partition coefficient (Wildman–Crippen LogP) is 4.56. The van der Waals surface area contributed by atoms with Crippen molar-refractivity contribution in [2.45, 2.75) is 18.9 Å². The third kappa shape index (κ3) is 3.94. The van der Waals surface area contributed by atoms with Gasteiger partial charge < -0.3 is 24.4 Å². The van der Waals surface area contributed by atoms with Crippen molar-refractivity contribution in [3.63, 3.8) is 0 Å². The van der Waals surface area contributed by atoms with Crippen LogP contribution in [0.3, 0.4) is 0 Å². The molecule has 0 saturated carbocycles. The largest absolute Gasteiger partial charge is 0.495 e. The van der Waals surface area contributed by atoms with Gasteiger partial charge in [-0.05, 0) is 61.0 Å². The van der Waals surface area contributed by atoms with Crippen LogP contribution in [0.4, 0.5) is 5.69 Å². The molecule has 1 N–H and O–H groups in total. The van der Waals surface area contributed by atoms with Gasteiger partial charge in [-0.1, -0.05) is 12.1 Å². The maximum atomic E-state index is 6.29. The molecule has 1 unspecified atom stereocenters. The molecule has 3 heterocycles. The Kier molecular flexibility index (Phi) is 5.69. The summed E-state index contributed by atoms with van der Waals surface area (Å²) in [5, 5.41) is 6.89. The van der Waals surface area contributed by atoms with Gasteiger partial charge in [0.25, 0.3) is 0 Å². The van der Waals surface area contributed by atoms with Crippen LogP contribution in [0.5, 0.6) is 17.2 Å². The van der Waals surface area contributed by atoms with Crippen LogP contribution in [0.1, 0.15) is 12.8 Å². The highest BCUT2D eigenvalue weighted by Gasteiger charge is 2.25. The van der Waals surface area contributed by atoms with Crippen LogP contribution < -0.4 is 24.4 Å². The number of ether oxygens (including phenoxy) is 3. The lowest BCUT2D eigenvalue weighted by atomic mass is 9.96. The van der Waals surface area contributed by atoms with Gasteiger partial charge in [0.1, 0.15) is 18.5 Å². The first-order valence-electron chi connectivity index (χ1n) is 10.7. The van der Waals surface area contributed by atoms with E-state index in [1.165, 1.54) is 23.2 Å². The summed E-state index contributed by atoms with van der Waals surface area (Å²) >= 11 is 1.74. The van der Waals surface area contributed by atoms with Crippen molar-refractivity contribution in [3.05, 3.63) is 47.8 Å². The van der Waals surface area contributed by atoms with E-state index in [2.05, 4.69) is 39.9 Å². The number of methoxy groups -OCH3 is 1. The van der Waals surface area contributed by atoms with E-state index in [-0.39, 0.29) is 6.10 Å². The molecule has 1 atom stereocenters. The first-order chi connectivity index (χ1) is 14.8. The van der Waals surface area contributed by atoms with Crippen molar-refractivity contribution >= 4 is 27.1 Å². The number of para-hydroxylation sites is 2. The molecule has 3 aromatic rings. The van der Waals surface area contributed by atoms with Crippen LogP contribution in [0.15, 0.2) is 47.8 Å². The van der Waals surface area contributed by atoms with E-state index in [0.717, 1.165) is 48.8 Å². The Hall–Kier alpha value is -2.44. The van der Waals surface area contributed by atoms with Crippen molar-refractivity contribution in [2.24, 2.45) is 5.92 Å². The van der Waals surface area contributed by atoms with Gasteiger partial charge >= 0.3 is 0 Å². The molecule has 0 spiro atoms. The fourth-order valence-corrected chi connectivity index (χ4v) is 5.22. The molecular weight excluding hydrogens is 396 g/mol. The van der Waals surface area contributed by atoms with Crippen molar-refractivity contribution in [2.75, 3.05) is 44.8 Å². The van der Waals surface area contributed by atoms with E-state index in [1.54, 1.807) is 18.4 Å². The summed E-state index contributed by atoms with van der Waals surface area (Å²) in [5.41, 5.74) is 1.21. The number of piperidine rings is 1. The molecule has 5 rings (SSSR count). The minimum atomic E-state index is 0.0525. The molecule has 1 fully saturated rings. The fourth-order valence-electron chi connectivity index (χ4n) is 4.43. The Morgan fingerprint density at radius 1 is 1.10 bits per heavy atom. The summed E-state index contributed by atoms with van der Waals surface area (Å²) in [4.78, 5) is 2.44. The van der Waals surface area contributed by atoms with Crippen LogP contribution in [0.2, 0.25) is 0 Å². The van der Waals surface area contributed by atoms with E-state index in [1.807, 2.05) is 18.2 Å². The first-order valence-corrected chi connectivity index (χ1v) is 11.6. The molecule has 6 heteroatoms. The molecule has 2 aromatic carbocycles. The number of hydrogen-bond donors (Lipinski definition) is 1. The molecule has 2 aliphatic heterocycles. The zero-order valence-corrected chi connectivity index (χ0v) is 18.1. The highest BCUT2D eigenvalue weighted by atomic mass is 32.1. The van der Waals surface area contributed by atoms with Crippen molar-refractivity contribution in [1.29, 1.82) is 0 Å². The van der Waals surface area contributed by atoms with E-state index in [4.69, 9.17) is 14.2 Å². The highest BCUT2D eigenvalue weighted by Crippen LogP contribution is 2.40. The van der Waals surface area contributed by atoms with E-state index in [0.29, 0.717) is 12.5 Å². The van der Waals surface area contributed by atoms with Crippen LogP contribution in [0.25, 0.3) is 10.1 Å².